The molecule has 0 bridgehead atoms. The molecule has 5 atom stereocenters. The number of hydrogen-bond donors (Lipinski definition) is 9. The van der Waals surface area contributed by atoms with Gasteiger partial charge < -0.3 is 55.4 Å². The van der Waals surface area contributed by atoms with Crippen LogP contribution in [0.5, 0.6) is 51.7 Å². The first-order valence-corrected chi connectivity index (χ1v) is 12.7. The van der Waals surface area contributed by atoms with Gasteiger partial charge in [0.1, 0.15) is 41.0 Å². The zero-order valence-electron chi connectivity index (χ0n) is 21.2. The Morgan fingerprint density at radius 3 is 1.85 bits per heavy atom. The summed E-state index contributed by atoms with van der Waals surface area (Å²) < 4.78 is 12.2. The maximum atomic E-state index is 11.7. The summed E-state index contributed by atoms with van der Waals surface area (Å²) >= 11 is 0. The molecule has 9 N–H and O–H groups in total. The van der Waals surface area contributed by atoms with Gasteiger partial charge in [-0.1, -0.05) is 18.2 Å². The molecule has 0 saturated heterocycles. The molecule has 4 aromatic carbocycles. The lowest BCUT2D eigenvalue weighted by atomic mass is 9.78. The van der Waals surface area contributed by atoms with Crippen molar-refractivity contribution in [3.63, 3.8) is 0 Å². The number of fused-ring (bicyclic) bond motifs is 2. The Bertz CT molecular complexity index is 1670. The van der Waals surface area contributed by atoms with E-state index in [1.807, 2.05) is 0 Å². The molecule has 0 fully saturated rings. The molecule has 212 valence electrons. The molecule has 11 nitrogen and oxygen atoms in total. The van der Waals surface area contributed by atoms with E-state index in [2.05, 4.69) is 0 Å². The van der Waals surface area contributed by atoms with E-state index in [1.54, 1.807) is 0 Å². The number of ether oxygens (including phenoxy) is 2. The maximum Gasteiger partial charge on any atom is 0.157 e. The minimum Gasteiger partial charge on any atom is -0.508 e. The van der Waals surface area contributed by atoms with Crippen molar-refractivity contribution < 1.29 is 55.4 Å². The quantitative estimate of drug-likeness (QED) is 0.166. The number of aromatic hydroxyl groups is 7. The van der Waals surface area contributed by atoms with Gasteiger partial charge in [-0.2, -0.15) is 0 Å². The summed E-state index contributed by atoms with van der Waals surface area (Å²) in [6.45, 7) is 0. The highest BCUT2D eigenvalue weighted by atomic mass is 16.5. The van der Waals surface area contributed by atoms with Crippen LogP contribution in [0.1, 0.15) is 45.9 Å². The van der Waals surface area contributed by atoms with E-state index < -0.39 is 47.6 Å². The van der Waals surface area contributed by atoms with Gasteiger partial charge in [-0.3, -0.25) is 0 Å². The molecular weight excluding hydrogens is 536 g/mol. The molecule has 4 aromatic rings. The summed E-state index contributed by atoms with van der Waals surface area (Å²) in [5, 5.41) is 94.4. The van der Waals surface area contributed by atoms with Gasteiger partial charge in [-0.05, 0) is 41.5 Å². The summed E-state index contributed by atoms with van der Waals surface area (Å²) in [5.41, 5.74) is 1.19. The largest absolute Gasteiger partial charge is 0.508 e. The second kappa shape index (κ2) is 9.58. The van der Waals surface area contributed by atoms with Gasteiger partial charge >= 0.3 is 0 Å². The van der Waals surface area contributed by atoms with Gasteiger partial charge in [-0.15, -0.1) is 0 Å². The van der Waals surface area contributed by atoms with Crippen LogP contribution in [0, 0.1) is 0 Å². The highest BCUT2D eigenvalue weighted by molar-refractivity contribution is 5.63. The van der Waals surface area contributed by atoms with E-state index in [0.29, 0.717) is 11.1 Å². The third kappa shape index (κ3) is 4.31. The predicted molar refractivity (Wildman–Crippen MR) is 142 cm³/mol. The molecule has 0 radical (unpaired) electrons. The van der Waals surface area contributed by atoms with Gasteiger partial charge in [0, 0.05) is 41.2 Å². The van der Waals surface area contributed by atoms with Crippen LogP contribution in [0.15, 0.2) is 60.7 Å². The molecule has 2 aliphatic rings. The molecule has 6 rings (SSSR count). The number of phenolic OH excluding ortho intramolecular Hbond substituents is 7. The average Bonchev–Trinajstić information content (AvgIpc) is 2.93. The predicted octanol–water partition coefficient (Wildman–Crippen LogP) is 3.29. The molecule has 11 heteroatoms. The minimum absolute atomic E-state index is 0.0114. The average molecular weight is 563 g/mol. The Morgan fingerprint density at radius 1 is 0.585 bits per heavy atom. The van der Waals surface area contributed by atoms with Crippen molar-refractivity contribution in [1.82, 2.24) is 0 Å². The van der Waals surface area contributed by atoms with Crippen molar-refractivity contribution in [3.05, 3.63) is 88.5 Å². The number of aliphatic hydroxyl groups is 2. The molecule has 0 saturated carbocycles. The topological polar surface area (TPSA) is 201 Å². The van der Waals surface area contributed by atoms with Crippen molar-refractivity contribution in [1.29, 1.82) is 0 Å². The SMILES string of the molecule is Oc1ccc2c(c1)O[C@H](c1ccc(O)c(O)c1)[C@@H](O)[C@H]2c1c(O)cc(O)c2c1O[C@H](c1ccc(O)c(O)c1)[C@H](O)C2. The first-order valence-electron chi connectivity index (χ1n) is 12.7. The van der Waals surface area contributed by atoms with Crippen LogP contribution in [-0.4, -0.2) is 58.2 Å². The van der Waals surface area contributed by atoms with E-state index in [9.17, 15) is 46.0 Å². The third-order valence-corrected chi connectivity index (χ3v) is 7.59. The lowest BCUT2D eigenvalue weighted by Gasteiger charge is -2.40. The number of benzene rings is 4. The van der Waals surface area contributed by atoms with Crippen molar-refractivity contribution in [3.8, 4) is 51.7 Å². The summed E-state index contributed by atoms with van der Waals surface area (Å²) in [4.78, 5) is 0. The second-order valence-corrected chi connectivity index (χ2v) is 10.2. The van der Waals surface area contributed by atoms with Crippen molar-refractivity contribution in [2.45, 2.75) is 36.8 Å². The standard InChI is InChI=1S/C30H26O11/c31-14-3-4-15-24(9-14)40-29(13-2-6-18(33)21(36)8-13)27(39)25(15)26-22(37)11-19(34)16-10-23(38)28(41-30(16)26)12-1-5-17(32)20(35)7-12/h1-9,11,23,25,27-29,31-39H,10H2/t23-,25-,27+,28-,29-/m1/s1. The molecule has 2 aliphatic heterocycles. The van der Waals surface area contributed by atoms with Crippen LogP contribution in [0.4, 0.5) is 0 Å². The minimum atomic E-state index is -1.43. The molecule has 0 aromatic heterocycles. The Labute approximate surface area is 232 Å². The van der Waals surface area contributed by atoms with Gasteiger partial charge in [0.05, 0.1) is 6.10 Å². The number of rotatable bonds is 3. The molecule has 0 aliphatic carbocycles. The monoisotopic (exact) mass is 562 g/mol. The number of aliphatic hydroxyl groups excluding tert-OH is 2. The number of phenols is 7. The van der Waals surface area contributed by atoms with Gasteiger partial charge in [0.15, 0.2) is 29.1 Å². The van der Waals surface area contributed by atoms with Crippen molar-refractivity contribution in [2.75, 3.05) is 0 Å². The first-order chi connectivity index (χ1) is 19.5. The summed E-state index contributed by atoms with van der Waals surface area (Å²) in [5.74, 6) is -3.45. The van der Waals surface area contributed by atoms with E-state index in [4.69, 9.17) is 9.47 Å². The Balaban J connectivity index is 1.53. The fraction of sp³-hybridized carbons (Fsp3) is 0.200. The fourth-order valence-corrected chi connectivity index (χ4v) is 5.61. The van der Waals surface area contributed by atoms with E-state index >= 15 is 0 Å². The molecule has 41 heavy (non-hydrogen) atoms. The van der Waals surface area contributed by atoms with E-state index in [-0.39, 0.29) is 57.6 Å². The Hall–Kier alpha value is -5.00. The summed E-state index contributed by atoms with van der Waals surface area (Å²) in [6, 6.07) is 13.1. The maximum absolute atomic E-state index is 11.7. The molecule has 0 amide bonds. The van der Waals surface area contributed by atoms with Gasteiger partial charge in [0.25, 0.3) is 0 Å². The van der Waals surface area contributed by atoms with Crippen LogP contribution in [-0.2, 0) is 6.42 Å². The Morgan fingerprint density at radius 2 is 1.22 bits per heavy atom. The molecular formula is C30H26O11. The second-order valence-electron chi connectivity index (χ2n) is 10.2. The summed E-state index contributed by atoms with van der Waals surface area (Å²) in [6.07, 6.45) is -4.97. The van der Waals surface area contributed by atoms with Gasteiger partial charge in [-0.25, -0.2) is 0 Å². The highest BCUT2D eigenvalue weighted by Gasteiger charge is 2.44. The van der Waals surface area contributed by atoms with Crippen molar-refractivity contribution in [2.24, 2.45) is 0 Å². The normalized spacial score (nSPS) is 23.1. The zero-order chi connectivity index (χ0) is 29.2. The van der Waals surface area contributed by atoms with E-state index in [0.717, 1.165) is 6.07 Å². The van der Waals surface area contributed by atoms with E-state index in [1.165, 1.54) is 54.6 Å². The highest BCUT2D eigenvalue weighted by Crippen LogP contribution is 2.55. The fourth-order valence-electron chi connectivity index (χ4n) is 5.61. The van der Waals surface area contributed by atoms with Gasteiger partial charge in [0.2, 0.25) is 0 Å². The van der Waals surface area contributed by atoms with Crippen LogP contribution in [0.25, 0.3) is 0 Å². The van der Waals surface area contributed by atoms with Crippen LogP contribution < -0.4 is 9.47 Å². The molecule has 0 spiro atoms. The number of hydrogen-bond acceptors (Lipinski definition) is 11. The van der Waals surface area contributed by atoms with Crippen molar-refractivity contribution >= 4 is 0 Å². The molecule has 0 unspecified atom stereocenters. The molecule has 2 heterocycles. The smallest absolute Gasteiger partial charge is 0.157 e. The zero-order valence-corrected chi connectivity index (χ0v) is 21.2. The first kappa shape index (κ1) is 26.2. The van der Waals surface area contributed by atoms with Crippen LogP contribution in [0.2, 0.25) is 0 Å². The summed E-state index contributed by atoms with van der Waals surface area (Å²) in [7, 11) is 0. The Kier molecular flexibility index (Phi) is 6.13. The third-order valence-electron chi connectivity index (χ3n) is 7.59. The lowest BCUT2D eigenvalue weighted by Crippen LogP contribution is -2.36. The van der Waals surface area contributed by atoms with Crippen LogP contribution in [0.3, 0.4) is 0 Å². The van der Waals surface area contributed by atoms with Crippen LogP contribution >= 0.6 is 0 Å². The lowest BCUT2D eigenvalue weighted by molar-refractivity contribution is 0.00186.